The van der Waals surface area contributed by atoms with Gasteiger partial charge >= 0.3 is 0 Å². The summed E-state index contributed by atoms with van der Waals surface area (Å²) in [6.07, 6.45) is 5.84. The first kappa shape index (κ1) is 19.2. The summed E-state index contributed by atoms with van der Waals surface area (Å²) in [5.41, 5.74) is 7.93. The first-order valence-electron chi connectivity index (χ1n) is 11.2. The first-order chi connectivity index (χ1) is 15.8. The molecule has 0 saturated carbocycles. The van der Waals surface area contributed by atoms with E-state index in [-0.39, 0.29) is 0 Å². The molecule has 0 radical (unpaired) electrons. The van der Waals surface area contributed by atoms with Crippen molar-refractivity contribution >= 4 is 21.9 Å². The lowest BCUT2D eigenvalue weighted by atomic mass is 10.0. The highest BCUT2D eigenvalue weighted by molar-refractivity contribution is 5.97. The third kappa shape index (κ3) is 3.66. The van der Waals surface area contributed by atoms with Crippen molar-refractivity contribution in [2.75, 3.05) is 26.2 Å². The average Bonchev–Trinajstić information content (AvgIpc) is 3.28. The lowest BCUT2D eigenvalue weighted by Crippen LogP contribution is -2.42. The Hall–Kier alpha value is -3.54. The van der Waals surface area contributed by atoms with Crippen molar-refractivity contribution in [3.05, 3.63) is 84.8 Å². The number of piperazine rings is 1. The van der Waals surface area contributed by atoms with Gasteiger partial charge in [0, 0.05) is 73.2 Å². The Balaban J connectivity index is 1.31. The number of rotatable bonds is 4. The van der Waals surface area contributed by atoms with Crippen molar-refractivity contribution in [2.45, 2.75) is 6.54 Å². The van der Waals surface area contributed by atoms with Gasteiger partial charge < -0.3 is 10.3 Å². The van der Waals surface area contributed by atoms with Crippen LogP contribution in [0.5, 0.6) is 0 Å². The lowest BCUT2D eigenvalue weighted by Gasteiger charge is -2.27. The molecule has 3 aromatic heterocycles. The van der Waals surface area contributed by atoms with E-state index in [1.807, 2.05) is 18.5 Å². The number of pyridine rings is 2. The molecule has 5 heteroatoms. The Morgan fingerprint density at radius 2 is 1.69 bits per heavy atom. The monoisotopic (exact) mass is 419 g/mol. The number of aromatic amines is 1. The highest BCUT2D eigenvalue weighted by Crippen LogP contribution is 2.32. The van der Waals surface area contributed by atoms with Gasteiger partial charge in [0.1, 0.15) is 5.65 Å². The van der Waals surface area contributed by atoms with E-state index in [2.05, 4.69) is 81.0 Å². The molecule has 1 saturated heterocycles. The molecule has 1 aliphatic heterocycles. The van der Waals surface area contributed by atoms with Crippen LogP contribution in [-0.4, -0.2) is 46.0 Å². The van der Waals surface area contributed by atoms with Crippen molar-refractivity contribution in [1.29, 1.82) is 0 Å². The van der Waals surface area contributed by atoms with Crippen LogP contribution in [0, 0.1) is 0 Å². The summed E-state index contributed by atoms with van der Waals surface area (Å²) in [6.45, 7) is 5.40. The fourth-order valence-corrected chi connectivity index (χ4v) is 4.57. The van der Waals surface area contributed by atoms with Gasteiger partial charge in [-0.2, -0.15) is 0 Å². The maximum Gasteiger partial charge on any atom is 0.137 e. The number of fused-ring (bicyclic) bond motifs is 2. The molecule has 2 N–H and O–H groups in total. The average molecular weight is 420 g/mol. The molecule has 0 bridgehead atoms. The second kappa shape index (κ2) is 8.19. The summed E-state index contributed by atoms with van der Waals surface area (Å²) in [6, 6.07) is 21.7. The molecule has 0 unspecified atom stereocenters. The molecule has 5 aromatic rings. The van der Waals surface area contributed by atoms with Crippen molar-refractivity contribution < 1.29 is 0 Å². The normalized spacial score (nSPS) is 14.9. The molecule has 32 heavy (non-hydrogen) atoms. The van der Waals surface area contributed by atoms with Crippen LogP contribution < -0.4 is 5.32 Å². The predicted molar refractivity (Wildman–Crippen MR) is 130 cm³/mol. The van der Waals surface area contributed by atoms with Crippen molar-refractivity contribution in [2.24, 2.45) is 0 Å². The topological polar surface area (TPSA) is 56.8 Å². The number of hydrogen-bond acceptors (Lipinski definition) is 4. The smallest absolute Gasteiger partial charge is 0.137 e. The summed E-state index contributed by atoms with van der Waals surface area (Å²) in [4.78, 5) is 15.0. The minimum atomic E-state index is 0.908. The zero-order valence-corrected chi connectivity index (χ0v) is 17.9. The maximum absolute atomic E-state index is 4.70. The number of nitrogens with zero attached hydrogens (tertiary/aromatic N) is 3. The fourth-order valence-electron chi connectivity index (χ4n) is 4.57. The van der Waals surface area contributed by atoms with Crippen LogP contribution >= 0.6 is 0 Å². The quantitative estimate of drug-likeness (QED) is 0.437. The highest BCUT2D eigenvalue weighted by Gasteiger charge is 2.12. The molecule has 2 aromatic carbocycles. The summed E-state index contributed by atoms with van der Waals surface area (Å²) < 4.78 is 0. The molecular formula is C27H25N5. The van der Waals surface area contributed by atoms with Gasteiger partial charge in [0.2, 0.25) is 0 Å². The molecule has 0 aliphatic carbocycles. The molecule has 1 aliphatic rings. The molecule has 158 valence electrons. The van der Waals surface area contributed by atoms with E-state index in [1.165, 1.54) is 16.7 Å². The number of H-pyrrole nitrogens is 1. The summed E-state index contributed by atoms with van der Waals surface area (Å²) in [5.74, 6) is 0. The first-order valence-corrected chi connectivity index (χ1v) is 11.2. The number of aromatic nitrogens is 3. The van der Waals surface area contributed by atoms with Crippen LogP contribution in [0.4, 0.5) is 0 Å². The third-order valence-electron chi connectivity index (χ3n) is 6.35. The Morgan fingerprint density at radius 1 is 0.844 bits per heavy atom. The van der Waals surface area contributed by atoms with Gasteiger partial charge in [0.25, 0.3) is 0 Å². The second-order valence-electron chi connectivity index (χ2n) is 8.46. The van der Waals surface area contributed by atoms with Crippen molar-refractivity contribution in [3.63, 3.8) is 0 Å². The number of hydrogen-bond donors (Lipinski definition) is 2. The zero-order chi connectivity index (χ0) is 21.3. The fraction of sp³-hybridized carbons (Fsp3) is 0.185. The van der Waals surface area contributed by atoms with E-state index in [9.17, 15) is 0 Å². The van der Waals surface area contributed by atoms with Gasteiger partial charge in [-0.3, -0.25) is 9.88 Å². The molecule has 5 nitrogen and oxygen atoms in total. The van der Waals surface area contributed by atoms with Crippen molar-refractivity contribution in [3.8, 4) is 22.3 Å². The largest absolute Gasteiger partial charge is 0.346 e. The van der Waals surface area contributed by atoms with Crippen molar-refractivity contribution in [1.82, 2.24) is 25.2 Å². The lowest BCUT2D eigenvalue weighted by molar-refractivity contribution is 0.233. The van der Waals surface area contributed by atoms with Gasteiger partial charge in [-0.15, -0.1) is 0 Å². The zero-order valence-electron chi connectivity index (χ0n) is 17.9. The van der Waals surface area contributed by atoms with E-state index in [4.69, 9.17) is 4.98 Å². The van der Waals surface area contributed by atoms with Gasteiger partial charge in [0.05, 0.1) is 5.52 Å². The van der Waals surface area contributed by atoms with Gasteiger partial charge in [0.15, 0.2) is 0 Å². The Kier molecular flexibility index (Phi) is 4.90. The summed E-state index contributed by atoms with van der Waals surface area (Å²) in [7, 11) is 0. The van der Waals surface area contributed by atoms with E-state index in [1.54, 1.807) is 0 Å². The van der Waals surface area contributed by atoms with E-state index in [0.29, 0.717) is 0 Å². The van der Waals surface area contributed by atoms with Crippen LogP contribution in [0.1, 0.15) is 5.56 Å². The third-order valence-corrected chi connectivity index (χ3v) is 6.35. The van der Waals surface area contributed by atoms with Crippen LogP contribution in [0.15, 0.2) is 79.3 Å². The van der Waals surface area contributed by atoms with Crippen LogP contribution in [0.2, 0.25) is 0 Å². The van der Waals surface area contributed by atoms with E-state index >= 15 is 0 Å². The summed E-state index contributed by atoms with van der Waals surface area (Å²) >= 11 is 0. The molecule has 4 heterocycles. The Labute approximate surface area is 187 Å². The second-order valence-corrected chi connectivity index (χ2v) is 8.46. The van der Waals surface area contributed by atoms with Crippen LogP contribution in [0.25, 0.3) is 44.2 Å². The molecule has 0 spiro atoms. The Bertz CT molecular complexity index is 1380. The molecule has 6 rings (SSSR count). The standard InChI is InChI=1S/C27H25N5/c1-2-22-14-21(7-8-26(22)29-9-1)25-17-31-27-24(25)15-23(16-30-27)20-5-3-19(4-6-20)18-32-12-10-28-11-13-32/h1-9,14-17,28H,10-13,18H2,(H,30,31). The van der Waals surface area contributed by atoms with E-state index in [0.717, 1.165) is 65.8 Å². The molecule has 0 amide bonds. The Morgan fingerprint density at radius 3 is 2.56 bits per heavy atom. The molecule has 0 atom stereocenters. The predicted octanol–water partition coefficient (Wildman–Crippen LogP) is 4.85. The maximum atomic E-state index is 4.70. The van der Waals surface area contributed by atoms with Gasteiger partial charge in [-0.1, -0.05) is 36.4 Å². The number of nitrogens with one attached hydrogen (secondary N) is 2. The minimum absolute atomic E-state index is 0.908. The van der Waals surface area contributed by atoms with Crippen LogP contribution in [0.3, 0.4) is 0 Å². The van der Waals surface area contributed by atoms with Gasteiger partial charge in [-0.25, -0.2) is 4.98 Å². The van der Waals surface area contributed by atoms with Gasteiger partial charge in [-0.05, 0) is 41.0 Å². The van der Waals surface area contributed by atoms with E-state index < -0.39 is 0 Å². The SMILES string of the molecule is c1cnc2ccc(-c3c[nH]c4ncc(-c5ccc(CN6CCNCC6)cc5)cc34)cc2c1. The molecule has 1 fully saturated rings. The minimum Gasteiger partial charge on any atom is -0.346 e. The van der Waals surface area contributed by atoms with Crippen LogP contribution in [-0.2, 0) is 6.54 Å². The highest BCUT2D eigenvalue weighted by atomic mass is 15.2. The summed E-state index contributed by atoms with van der Waals surface area (Å²) in [5, 5.41) is 5.69. The molecular weight excluding hydrogens is 394 g/mol. The number of benzene rings is 2.